The number of aliphatic carboxylic acids is 1. The van der Waals surface area contributed by atoms with E-state index in [0.717, 1.165) is 25.7 Å². The number of benzene rings is 2. The van der Waals surface area contributed by atoms with Crippen molar-refractivity contribution in [3.05, 3.63) is 92.1 Å². The van der Waals surface area contributed by atoms with Crippen LogP contribution in [0, 0.1) is 0 Å². The van der Waals surface area contributed by atoms with E-state index in [1.165, 1.54) is 49.1 Å². The Bertz CT molecular complexity index is 2940. The first-order valence-corrected chi connectivity index (χ1v) is 31.6. The van der Waals surface area contributed by atoms with Gasteiger partial charge in [-0.3, -0.25) is 18.0 Å². The number of carbonyl (C=O) groups excluding carboxylic acids is 4. The lowest BCUT2D eigenvalue weighted by atomic mass is 9.84. The van der Waals surface area contributed by atoms with Crippen LogP contribution in [-0.4, -0.2) is 158 Å². The number of carboxylic acids is 1. The maximum absolute atomic E-state index is 14.6. The lowest BCUT2D eigenvalue weighted by Gasteiger charge is -2.41. The van der Waals surface area contributed by atoms with Gasteiger partial charge in [-0.05, 0) is 132 Å². The zero-order chi connectivity index (χ0) is 58.5. The fourth-order valence-electron chi connectivity index (χ4n) is 11.5. The number of carboxylic acid groups (broad SMARTS) is 1. The summed E-state index contributed by atoms with van der Waals surface area (Å²) in [6.07, 6.45) is 11.3. The molecule has 18 nitrogen and oxygen atoms in total. The minimum Gasteiger partial charge on any atom is -0.484 e. The number of nitrogens with zero attached hydrogens (tertiary/aromatic N) is 4. The van der Waals surface area contributed by atoms with Crippen LogP contribution in [0.4, 0.5) is 9.59 Å². The van der Waals surface area contributed by atoms with E-state index in [-0.39, 0.29) is 106 Å². The normalized spacial score (nSPS) is 23.4. The van der Waals surface area contributed by atoms with Gasteiger partial charge in [0.2, 0.25) is 0 Å². The van der Waals surface area contributed by atoms with Gasteiger partial charge in [0.05, 0.1) is 36.4 Å². The molecule has 0 bridgehead atoms. The summed E-state index contributed by atoms with van der Waals surface area (Å²) in [6, 6.07) is 1.61. The number of hydrogen-bond acceptors (Lipinski definition) is 13. The van der Waals surface area contributed by atoms with Crippen LogP contribution >= 0.6 is 0 Å². The van der Waals surface area contributed by atoms with Crippen LogP contribution in [-0.2, 0) is 52.3 Å². The number of rotatable bonds is 20. The van der Waals surface area contributed by atoms with E-state index >= 15 is 0 Å². The molecule has 20 heteroatoms. The first-order chi connectivity index (χ1) is 38.4. The number of aliphatic hydroxyl groups excluding tert-OH is 2. The predicted molar refractivity (Wildman–Crippen MR) is 310 cm³/mol. The van der Waals surface area contributed by atoms with E-state index in [2.05, 4.69) is 65.8 Å². The highest BCUT2D eigenvalue weighted by molar-refractivity contribution is 7.85. The minimum absolute atomic E-state index is 0.0199. The lowest BCUT2D eigenvalue weighted by Crippen LogP contribution is -2.49. The molecule has 442 valence electrons. The van der Waals surface area contributed by atoms with Gasteiger partial charge in [0, 0.05) is 112 Å². The average Bonchev–Trinajstić information content (AvgIpc) is 3.78. The van der Waals surface area contributed by atoms with E-state index in [0.29, 0.717) is 76.7 Å². The molecule has 5 atom stereocenters. The molecule has 0 saturated carbocycles. The molecule has 2 saturated heterocycles. The number of amides is 4. The monoisotopic (exact) mass is 1160 g/mol. The molecule has 4 amide bonds. The second-order valence-electron chi connectivity index (χ2n) is 23.6. The molecule has 0 radical (unpaired) electrons. The van der Waals surface area contributed by atoms with E-state index in [4.69, 9.17) is 18.9 Å². The number of allylic oxidation sites excluding steroid dienone is 8. The fraction of sp³-hybridized carbons (Fsp3) is 0.590. The summed E-state index contributed by atoms with van der Waals surface area (Å²) in [5, 5.41) is 34.4. The molecule has 6 heterocycles. The van der Waals surface area contributed by atoms with Gasteiger partial charge in [-0.2, -0.15) is 0 Å². The molecular weight excluding hydrogens is 1080 g/mol. The third-order valence-electron chi connectivity index (χ3n) is 16.7. The summed E-state index contributed by atoms with van der Waals surface area (Å²) in [6.45, 7) is 17.1. The summed E-state index contributed by atoms with van der Waals surface area (Å²) in [4.78, 5) is 75.4. The Morgan fingerprint density at radius 3 is 1.52 bits per heavy atom. The maximum atomic E-state index is 14.6. The molecule has 0 aliphatic carbocycles. The lowest BCUT2D eigenvalue weighted by molar-refractivity contribution is -0.142. The predicted octanol–water partition coefficient (Wildman–Crippen LogP) is 8.71. The van der Waals surface area contributed by atoms with Gasteiger partial charge in [-0.25, -0.2) is 14.4 Å². The SMILES string of the molecule is CC(C)=CCC/C(C)=C/CC[C@@]1(C)Oc2c(c(OC(=O)N3CCS(=O)CC3)cc3c2CN(CCC[C@@H](C(=O)O)N2Cc4c(cc(OC(=O)N5CCS(=O)CC5)c5c4O[C@](C)(CC/C=C(\C)CCC=C(C)C)[C@@H](O)C5)C2=O)C3=O)C[C@@H]1O. The van der Waals surface area contributed by atoms with Gasteiger partial charge in [0.25, 0.3) is 11.8 Å². The largest absolute Gasteiger partial charge is 0.484 e. The molecule has 6 aliphatic rings. The van der Waals surface area contributed by atoms with Gasteiger partial charge in [-0.1, -0.05) is 46.6 Å². The van der Waals surface area contributed by atoms with Crippen LogP contribution in [0.5, 0.6) is 23.0 Å². The van der Waals surface area contributed by atoms with Gasteiger partial charge >= 0.3 is 18.2 Å². The fourth-order valence-corrected chi connectivity index (χ4v) is 13.6. The Hall–Kier alpha value is -5.83. The van der Waals surface area contributed by atoms with Crippen molar-refractivity contribution >= 4 is 51.6 Å². The molecular formula is C61H82N4O14S2. The Balaban J connectivity index is 1.01. The Labute approximate surface area is 481 Å². The van der Waals surface area contributed by atoms with Crippen molar-refractivity contribution in [2.24, 2.45) is 0 Å². The molecule has 81 heavy (non-hydrogen) atoms. The van der Waals surface area contributed by atoms with Crippen LogP contribution in [0.2, 0.25) is 0 Å². The highest BCUT2D eigenvalue weighted by atomic mass is 32.2. The quantitative estimate of drug-likeness (QED) is 0.105. The van der Waals surface area contributed by atoms with Crippen molar-refractivity contribution in [1.29, 1.82) is 0 Å². The topological polar surface area (TPSA) is 230 Å². The van der Waals surface area contributed by atoms with Gasteiger partial charge < -0.3 is 53.9 Å². The maximum Gasteiger partial charge on any atom is 0.415 e. The number of fused-ring (bicyclic) bond motifs is 6. The Kier molecular flexibility index (Phi) is 19.8. The molecule has 2 fully saturated rings. The molecule has 2 aromatic carbocycles. The molecule has 3 N–H and O–H groups in total. The van der Waals surface area contributed by atoms with Crippen molar-refractivity contribution in [1.82, 2.24) is 19.6 Å². The number of aliphatic hydroxyl groups is 2. The summed E-state index contributed by atoms with van der Waals surface area (Å²) in [5.41, 5.74) is 4.93. The number of hydrogen-bond donors (Lipinski definition) is 3. The van der Waals surface area contributed by atoms with Crippen LogP contribution < -0.4 is 18.9 Å². The second kappa shape index (κ2) is 26.2. The number of carbonyl (C=O) groups is 5. The first kappa shape index (κ1) is 61.2. The van der Waals surface area contributed by atoms with Crippen molar-refractivity contribution in [2.75, 3.05) is 55.7 Å². The van der Waals surface area contributed by atoms with Crippen molar-refractivity contribution < 1.29 is 66.7 Å². The van der Waals surface area contributed by atoms with E-state index < -0.39 is 75.1 Å². The first-order valence-electron chi connectivity index (χ1n) is 28.6. The van der Waals surface area contributed by atoms with Crippen molar-refractivity contribution in [3.63, 3.8) is 0 Å². The summed E-state index contributed by atoms with van der Waals surface area (Å²) in [5.74, 6) is -0.294. The van der Waals surface area contributed by atoms with E-state index in [1.807, 2.05) is 13.8 Å². The summed E-state index contributed by atoms with van der Waals surface area (Å²) >= 11 is 0. The van der Waals surface area contributed by atoms with Crippen LogP contribution in [0.25, 0.3) is 0 Å². The Morgan fingerprint density at radius 1 is 0.654 bits per heavy atom. The second-order valence-corrected chi connectivity index (χ2v) is 27.0. The van der Waals surface area contributed by atoms with Crippen LogP contribution in [0.1, 0.15) is 163 Å². The highest BCUT2D eigenvalue weighted by Crippen LogP contribution is 2.49. The number of ether oxygens (including phenoxy) is 4. The third kappa shape index (κ3) is 14.3. The summed E-state index contributed by atoms with van der Waals surface area (Å²) < 4.78 is 49.8. The van der Waals surface area contributed by atoms with E-state index in [9.17, 15) is 47.7 Å². The molecule has 0 unspecified atom stereocenters. The average molecular weight is 1160 g/mol. The standard InChI is InChI=1S/C61H82N4O14S2/c1-38(2)14-9-16-40(5)18-11-21-60(7)51(66)34-44-49(76-58(72)62-24-28-80(74)29-25-62)32-42-46(53(44)78-60)36-64(55(42)68)23-13-20-48(57(70)71)65-37-47-43(56(65)69)33-50(77-59(73)63-26-30-81(75)31-27-63)45-35-52(67)61(8,79-54(45)47)22-12-19-41(6)17-10-15-39(3)4/h14-15,18-19,32-33,48,51-52,66-67H,9-13,16-17,20-31,34-37H2,1-8H3,(H,70,71)/b40-18+,41-19+/t48-,51-,52-,60+,61+/m0/s1. The van der Waals surface area contributed by atoms with Crippen molar-refractivity contribution in [3.8, 4) is 23.0 Å². The molecule has 6 aliphatic heterocycles. The van der Waals surface area contributed by atoms with E-state index in [1.54, 1.807) is 4.90 Å². The van der Waals surface area contributed by atoms with Gasteiger partial charge in [0.15, 0.2) is 0 Å². The van der Waals surface area contributed by atoms with Gasteiger partial charge in [-0.15, -0.1) is 0 Å². The molecule has 0 aromatic heterocycles. The molecule has 8 rings (SSSR count). The van der Waals surface area contributed by atoms with Crippen LogP contribution in [0.3, 0.4) is 0 Å². The zero-order valence-corrected chi connectivity index (χ0v) is 50.0. The smallest absolute Gasteiger partial charge is 0.415 e. The van der Waals surface area contributed by atoms with Gasteiger partial charge in [0.1, 0.15) is 40.2 Å². The van der Waals surface area contributed by atoms with Crippen molar-refractivity contribution in [2.45, 2.75) is 175 Å². The van der Waals surface area contributed by atoms with Crippen LogP contribution in [0.15, 0.2) is 58.7 Å². The third-order valence-corrected chi connectivity index (χ3v) is 19.3. The Morgan fingerprint density at radius 2 is 1.09 bits per heavy atom. The zero-order valence-electron chi connectivity index (χ0n) is 48.4. The molecule has 0 spiro atoms. The highest BCUT2D eigenvalue weighted by Gasteiger charge is 2.48. The molecule has 2 aromatic rings. The minimum atomic E-state index is -1.35. The summed E-state index contributed by atoms with van der Waals surface area (Å²) in [7, 11) is -2.10.